The maximum Gasteiger partial charge on any atom is 0.289 e. The lowest BCUT2D eigenvalue weighted by atomic mass is 10.1. The molecule has 2 aromatic carbocycles. The molecule has 9 nitrogen and oxygen atoms in total. The number of nitro groups is 1. The van der Waals surface area contributed by atoms with Crippen molar-refractivity contribution < 1.29 is 18.1 Å². The van der Waals surface area contributed by atoms with Crippen molar-refractivity contribution in [2.45, 2.75) is 31.2 Å². The third-order valence-electron chi connectivity index (χ3n) is 5.51. The van der Waals surface area contributed by atoms with Crippen LogP contribution in [0.3, 0.4) is 0 Å². The molecule has 0 radical (unpaired) electrons. The Hall–Kier alpha value is -2.82. The van der Waals surface area contributed by atoms with Gasteiger partial charge in [0.1, 0.15) is 0 Å². The van der Waals surface area contributed by atoms with Gasteiger partial charge in [-0.3, -0.25) is 19.8 Å². The number of hydrogen-bond donors (Lipinski definition) is 1. The summed E-state index contributed by atoms with van der Waals surface area (Å²) in [4.78, 5) is 24.8. The van der Waals surface area contributed by atoms with Gasteiger partial charge in [-0.25, -0.2) is 8.42 Å². The predicted molar refractivity (Wildman–Crippen MR) is 117 cm³/mol. The molecule has 31 heavy (non-hydrogen) atoms. The fourth-order valence-electron chi connectivity index (χ4n) is 3.53. The molecule has 1 heterocycles. The number of benzene rings is 2. The van der Waals surface area contributed by atoms with Gasteiger partial charge in [-0.05, 0) is 37.1 Å². The van der Waals surface area contributed by atoms with Crippen molar-refractivity contribution in [3.8, 4) is 0 Å². The molecule has 1 saturated heterocycles. The highest BCUT2D eigenvalue weighted by atomic mass is 32.2. The van der Waals surface area contributed by atoms with E-state index in [-0.39, 0.29) is 23.9 Å². The minimum absolute atomic E-state index is 0.150. The van der Waals surface area contributed by atoms with Crippen LogP contribution in [-0.2, 0) is 21.2 Å². The van der Waals surface area contributed by atoms with Gasteiger partial charge in [0.05, 0.1) is 11.0 Å². The lowest BCUT2D eigenvalue weighted by Gasteiger charge is -2.36. The number of rotatable bonds is 7. The molecule has 166 valence electrons. The number of carbonyl (C=O) groups excluding carboxylic acids is 1. The van der Waals surface area contributed by atoms with Gasteiger partial charge in [0.25, 0.3) is 5.69 Å². The van der Waals surface area contributed by atoms with Crippen molar-refractivity contribution in [2.24, 2.45) is 0 Å². The smallest absolute Gasteiger partial charge is 0.289 e. The number of nitrogens with zero attached hydrogens (tertiary/aromatic N) is 3. The van der Waals surface area contributed by atoms with Crippen LogP contribution >= 0.6 is 0 Å². The van der Waals surface area contributed by atoms with E-state index in [2.05, 4.69) is 12.2 Å². The molecular formula is C21H26N4O5S. The molecule has 1 atom stereocenters. The Balaban J connectivity index is 1.63. The number of anilines is 1. The third kappa shape index (κ3) is 5.09. The van der Waals surface area contributed by atoms with Crippen LogP contribution in [-0.4, -0.2) is 60.7 Å². The monoisotopic (exact) mass is 446 g/mol. The maximum absolute atomic E-state index is 12.9. The van der Waals surface area contributed by atoms with E-state index in [0.717, 1.165) is 6.42 Å². The van der Waals surface area contributed by atoms with Gasteiger partial charge in [0.2, 0.25) is 15.9 Å². The maximum atomic E-state index is 12.9. The summed E-state index contributed by atoms with van der Waals surface area (Å²) in [5.41, 5.74) is 1.46. The van der Waals surface area contributed by atoms with E-state index in [4.69, 9.17) is 0 Å². The first kappa shape index (κ1) is 22.9. The fourth-order valence-corrected chi connectivity index (χ4v) is 5.11. The number of carbonyl (C=O) groups is 1. The number of nitro benzene ring substituents is 1. The summed E-state index contributed by atoms with van der Waals surface area (Å²) in [6.07, 6.45) is 0.921. The van der Waals surface area contributed by atoms with Gasteiger partial charge < -0.3 is 5.32 Å². The highest BCUT2D eigenvalue weighted by Gasteiger charge is 2.35. The van der Waals surface area contributed by atoms with E-state index in [9.17, 15) is 23.3 Å². The van der Waals surface area contributed by atoms with Gasteiger partial charge in [-0.15, -0.1) is 0 Å². The molecule has 3 rings (SSSR count). The molecule has 0 aliphatic carbocycles. The van der Waals surface area contributed by atoms with Crippen LogP contribution in [0.5, 0.6) is 0 Å². The van der Waals surface area contributed by atoms with E-state index in [1.165, 1.54) is 34.1 Å². The topological polar surface area (TPSA) is 113 Å². The molecule has 1 amide bonds. The van der Waals surface area contributed by atoms with Crippen molar-refractivity contribution in [3.05, 3.63) is 64.2 Å². The largest absolute Gasteiger partial charge is 0.325 e. The Bertz CT molecular complexity index is 1050. The summed E-state index contributed by atoms with van der Waals surface area (Å²) in [7, 11) is -4.00. The molecule has 0 spiro atoms. The fraction of sp³-hybridized carbons (Fsp3) is 0.381. The lowest BCUT2D eigenvalue weighted by Crippen LogP contribution is -2.53. The molecule has 1 unspecified atom stereocenters. The molecule has 10 heteroatoms. The van der Waals surface area contributed by atoms with Crippen LogP contribution in [0.15, 0.2) is 53.4 Å². The average molecular weight is 447 g/mol. The minimum atomic E-state index is -4.00. The van der Waals surface area contributed by atoms with Crippen LogP contribution in [0.25, 0.3) is 0 Å². The highest BCUT2D eigenvalue weighted by molar-refractivity contribution is 7.89. The number of para-hydroxylation sites is 1. The summed E-state index contributed by atoms with van der Waals surface area (Å²) in [5.74, 6) is -0.167. The van der Waals surface area contributed by atoms with Crippen LogP contribution in [0.2, 0.25) is 0 Å². The average Bonchev–Trinajstić information content (AvgIpc) is 2.79. The lowest BCUT2D eigenvalue weighted by molar-refractivity contribution is -0.387. The van der Waals surface area contributed by atoms with E-state index < -0.39 is 26.7 Å². The van der Waals surface area contributed by atoms with Crippen molar-refractivity contribution in [1.29, 1.82) is 0 Å². The summed E-state index contributed by atoms with van der Waals surface area (Å²) in [6.45, 7) is 4.84. The highest BCUT2D eigenvalue weighted by Crippen LogP contribution is 2.27. The quantitative estimate of drug-likeness (QED) is 0.516. The van der Waals surface area contributed by atoms with E-state index in [1.807, 2.05) is 29.2 Å². The Morgan fingerprint density at radius 3 is 2.29 bits per heavy atom. The Kier molecular flexibility index (Phi) is 7.04. The molecule has 2 aromatic rings. The standard InChI is InChI=1S/C21H26N4O5S/c1-3-17-8-10-18(11-9-17)22-21(26)16(2)23-12-14-24(15-13-23)31(29,30)20-7-5-4-6-19(20)25(27)28/h4-11,16H,3,12-15H2,1-2H3,(H,22,26). The normalized spacial score (nSPS) is 16.6. The van der Waals surface area contributed by atoms with E-state index in [0.29, 0.717) is 18.8 Å². The summed E-state index contributed by atoms with van der Waals surface area (Å²) >= 11 is 0. The van der Waals surface area contributed by atoms with Gasteiger partial charge in [0, 0.05) is 37.9 Å². The van der Waals surface area contributed by atoms with Gasteiger partial charge in [0.15, 0.2) is 4.90 Å². The Morgan fingerprint density at radius 1 is 1.10 bits per heavy atom. The number of aryl methyl sites for hydroxylation is 1. The van der Waals surface area contributed by atoms with Gasteiger partial charge >= 0.3 is 0 Å². The zero-order valence-electron chi connectivity index (χ0n) is 17.5. The van der Waals surface area contributed by atoms with Crippen LogP contribution < -0.4 is 5.32 Å². The minimum Gasteiger partial charge on any atom is -0.325 e. The molecule has 1 N–H and O–H groups in total. The molecule has 1 aliphatic heterocycles. The van der Waals surface area contributed by atoms with E-state index >= 15 is 0 Å². The zero-order chi connectivity index (χ0) is 22.6. The first-order valence-electron chi connectivity index (χ1n) is 10.1. The second-order valence-electron chi connectivity index (χ2n) is 7.38. The van der Waals surface area contributed by atoms with Gasteiger partial charge in [-0.2, -0.15) is 4.31 Å². The zero-order valence-corrected chi connectivity index (χ0v) is 18.3. The van der Waals surface area contributed by atoms with Crippen LogP contribution in [0.4, 0.5) is 11.4 Å². The molecule has 0 aromatic heterocycles. The van der Waals surface area contributed by atoms with Crippen LogP contribution in [0.1, 0.15) is 19.4 Å². The SMILES string of the molecule is CCc1ccc(NC(=O)C(C)N2CCN(S(=O)(=O)c3ccccc3[N+](=O)[O-])CC2)cc1. The second kappa shape index (κ2) is 9.54. The number of hydrogen-bond acceptors (Lipinski definition) is 6. The summed E-state index contributed by atoms with van der Waals surface area (Å²) in [6, 6.07) is 12.5. The number of sulfonamides is 1. The molecule has 1 aliphatic rings. The van der Waals surface area contributed by atoms with Crippen molar-refractivity contribution in [2.75, 3.05) is 31.5 Å². The molecule has 0 bridgehead atoms. The van der Waals surface area contributed by atoms with Crippen molar-refractivity contribution >= 4 is 27.3 Å². The second-order valence-corrected chi connectivity index (χ2v) is 9.29. The molecule has 0 saturated carbocycles. The summed E-state index contributed by atoms with van der Waals surface area (Å²) < 4.78 is 27.1. The van der Waals surface area contributed by atoms with E-state index in [1.54, 1.807) is 6.92 Å². The number of piperazine rings is 1. The first-order valence-corrected chi connectivity index (χ1v) is 11.6. The molecule has 1 fully saturated rings. The first-order chi connectivity index (χ1) is 14.7. The van der Waals surface area contributed by atoms with Crippen LogP contribution in [0, 0.1) is 10.1 Å². The third-order valence-corrected chi connectivity index (χ3v) is 7.46. The van der Waals surface area contributed by atoms with Crippen molar-refractivity contribution in [3.63, 3.8) is 0 Å². The van der Waals surface area contributed by atoms with Crippen molar-refractivity contribution in [1.82, 2.24) is 9.21 Å². The van der Waals surface area contributed by atoms with Gasteiger partial charge in [-0.1, -0.05) is 31.2 Å². The summed E-state index contributed by atoms with van der Waals surface area (Å²) in [5, 5.41) is 14.1. The molecular weight excluding hydrogens is 420 g/mol. The number of nitrogens with one attached hydrogen (secondary N) is 1. The Labute approximate surface area is 181 Å². The number of amides is 1. The Morgan fingerprint density at radius 2 is 1.71 bits per heavy atom. The predicted octanol–water partition coefficient (Wildman–Crippen LogP) is 2.49.